The van der Waals surface area contributed by atoms with Gasteiger partial charge in [-0.05, 0) is 25.3 Å². The van der Waals surface area contributed by atoms with Gasteiger partial charge in [0.2, 0.25) is 0 Å². The topological polar surface area (TPSA) is 66.5 Å². The molecule has 0 aromatic heterocycles. The largest absolute Gasteiger partial charge is 0.324 e. The third-order valence-electron chi connectivity index (χ3n) is 2.67. The third kappa shape index (κ3) is 3.32. The number of rotatable bonds is 5. The monoisotopic (exact) mass is 218 g/mol. The summed E-state index contributed by atoms with van der Waals surface area (Å²) >= 11 is 0. The van der Waals surface area contributed by atoms with E-state index >= 15 is 0 Å². The van der Waals surface area contributed by atoms with Crippen molar-refractivity contribution in [3.63, 3.8) is 0 Å². The predicted octanol–water partition coefficient (Wildman–Crippen LogP) is 2.01. The van der Waals surface area contributed by atoms with Crippen LogP contribution in [0, 0.1) is 0 Å². The Morgan fingerprint density at radius 3 is 2.71 bits per heavy atom. The molecule has 0 unspecified atom stereocenters. The highest BCUT2D eigenvalue weighted by molar-refractivity contribution is 7.68. The summed E-state index contributed by atoms with van der Waals surface area (Å²) in [4.78, 5) is 19.8. The molecule has 0 bridgehead atoms. The van der Waals surface area contributed by atoms with Gasteiger partial charge in [0, 0.05) is 12.5 Å². The van der Waals surface area contributed by atoms with Crippen LogP contribution in [0.15, 0.2) is 11.4 Å². The van der Waals surface area contributed by atoms with Crippen molar-refractivity contribution >= 4 is 7.72 Å². The third-order valence-corrected chi connectivity index (χ3v) is 4.91. The average molecular weight is 218 g/mol. The van der Waals surface area contributed by atoms with Crippen LogP contribution in [-0.4, -0.2) is 22.0 Å². The van der Waals surface area contributed by atoms with Crippen LogP contribution >= 0.6 is 7.72 Å². The molecule has 1 rings (SSSR count). The highest BCUT2D eigenvalue weighted by Crippen LogP contribution is 2.61. The molecule has 0 aromatic carbocycles. The van der Waals surface area contributed by atoms with E-state index in [9.17, 15) is 9.79 Å². The Kier molecular flexibility index (Phi) is 4.52. The van der Waals surface area contributed by atoms with Crippen molar-refractivity contribution in [3.8, 4) is 0 Å². The summed E-state index contributed by atoms with van der Waals surface area (Å²) in [7, 11) is -2.78. The van der Waals surface area contributed by atoms with Gasteiger partial charge in [-0.25, -0.2) is 9.79 Å². The quantitative estimate of drug-likeness (QED) is 0.488. The fraction of sp³-hybridized carbons (Fsp3) is 0.800. The number of allylic oxidation sites excluding steroid dienone is 1. The molecule has 0 saturated heterocycles. The van der Waals surface area contributed by atoms with Gasteiger partial charge < -0.3 is 5.73 Å². The van der Waals surface area contributed by atoms with Gasteiger partial charge in [-0.2, -0.15) is 0 Å². The van der Waals surface area contributed by atoms with E-state index in [-0.39, 0.29) is 6.04 Å². The molecule has 82 valence electrons. The van der Waals surface area contributed by atoms with E-state index in [1.165, 1.54) is 0 Å². The molecular formula is C10H21NO2P+. The average Bonchev–Trinajstić information content (AvgIpc) is 2.53. The maximum atomic E-state index is 9.90. The minimum Gasteiger partial charge on any atom is -0.324 e. The molecule has 0 aromatic rings. The predicted molar refractivity (Wildman–Crippen MR) is 61.0 cm³/mol. The summed E-state index contributed by atoms with van der Waals surface area (Å²) in [6.45, 7) is 2.11. The minimum absolute atomic E-state index is 0.0369. The van der Waals surface area contributed by atoms with E-state index in [1.807, 2.05) is 6.08 Å². The van der Waals surface area contributed by atoms with Crippen molar-refractivity contribution in [3.05, 3.63) is 11.4 Å². The molecule has 0 saturated carbocycles. The molecule has 0 amide bonds. The fourth-order valence-electron chi connectivity index (χ4n) is 1.75. The fourth-order valence-corrected chi connectivity index (χ4v) is 3.62. The summed E-state index contributed by atoms with van der Waals surface area (Å²) in [6, 6.07) is 0.0369. The van der Waals surface area contributed by atoms with Crippen LogP contribution < -0.4 is 5.73 Å². The highest BCUT2D eigenvalue weighted by Gasteiger charge is 2.40. The van der Waals surface area contributed by atoms with Crippen molar-refractivity contribution in [1.29, 1.82) is 0 Å². The smallest absolute Gasteiger partial charge is 0.295 e. The normalized spacial score (nSPS) is 22.6. The number of nitrogens with two attached hydrogens (primary N) is 1. The van der Waals surface area contributed by atoms with Crippen LogP contribution in [-0.2, 0) is 0 Å². The van der Waals surface area contributed by atoms with Crippen molar-refractivity contribution in [1.82, 2.24) is 0 Å². The molecule has 4 N–H and O–H groups in total. The van der Waals surface area contributed by atoms with Gasteiger partial charge in [-0.1, -0.05) is 13.3 Å². The lowest BCUT2D eigenvalue weighted by atomic mass is 10.3. The zero-order valence-corrected chi connectivity index (χ0v) is 9.71. The Hall–Kier alpha value is 0.0500. The molecule has 0 fully saturated rings. The van der Waals surface area contributed by atoms with Gasteiger partial charge in [0.1, 0.15) is 11.5 Å². The first-order valence-electron chi connectivity index (χ1n) is 5.36. The second kappa shape index (κ2) is 5.22. The zero-order chi connectivity index (χ0) is 10.6. The Balaban J connectivity index is 2.43. The SMILES string of the molecule is CCCCC[P+](O)(O)C1=C[C@H](N)CC1. The number of hydrogen-bond donors (Lipinski definition) is 3. The number of unbranched alkanes of at least 4 members (excludes halogenated alkanes) is 2. The van der Waals surface area contributed by atoms with Gasteiger partial charge in [0.05, 0.1) is 0 Å². The molecule has 0 aliphatic heterocycles. The van der Waals surface area contributed by atoms with E-state index in [2.05, 4.69) is 6.92 Å². The maximum Gasteiger partial charge on any atom is 0.295 e. The van der Waals surface area contributed by atoms with Gasteiger partial charge >= 0.3 is 0 Å². The van der Waals surface area contributed by atoms with E-state index in [0.717, 1.165) is 37.4 Å². The van der Waals surface area contributed by atoms with Crippen LogP contribution in [0.4, 0.5) is 0 Å². The Bertz CT molecular complexity index is 216. The summed E-state index contributed by atoms with van der Waals surface area (Å²) < 4.78 is 0. The van der Waals surface area contributed by atoms with Crippen LogP contribution in [0.1, 0.15) is 39.0 Å². The highest BCUT2D eigenvalue weighted by atomic mass is 31.2. The Morgan fingerprint density at radius 2 is 2.21 bits per heavy atom. The first kappa shape index (κ1) is 12.1. The summed E-state index contributed by atoms with van der Waals surface area (Å²) in [5.41, 5.74) is 5.70. The summed E-state index contributed by atoms with van der Waals surface area (Å²) in [5.74, 6) is 0. The van der Waals surface area contributed by atoms with Crippen molar-refractivity contribution in [2.45, 2.75) is 45.1 Å². The second-order valence-corrected chi connectivity index (χ2v) is 6.50. The summed E-state index contributed by atoms with van der Waals surface area (Å²) in [5, 5.41) is 0.820. The molecule has 1 aliphatic rings. The molecule has 0 spiro atoms. The maximum absolute atomic E-state index is 9.90. The van der Waals surface area contributed by atoms with Gasteiger partial charge in [0.25, 0.3) is 7.72 Å². The first-order valence-corrected chi connectivity index (χ1v) is 7.24. The van der Waals surface area contributed by atoms with Crippen LogP contribution in [0.5, 0.6) is 0 Å². The standard InChI is InChI=1S/C10H21NO2P/c1-2-3-4-7-14(12,13)10-6-5-9(11)8-10/h8-9,12-13H,2-7,11H2,1H3/q+1/t9-/m1/s1. The molecule has 4 heteroatoms. The van der Waals surface area contributed by atoms with Gasteiger partial charge in [-0.15, -0.1) is 0 Å². The van der Waals surface area contributed by atoms with Crippen LogP contribution in [0.2, 0.25) is 0 Å². The van der Waals surface area contributed by atoms with Crippen molar-refractivity contribution < 1.29 is 9.79 Å². The van der Waals surface area contributed by atoms with E-state index in [1.54, 1.807) is 0 Å². The Labute approximate surface area is 86.5 Å². The Morgan fingerprint density at radius 1 is 1.50 bits per heavy atom. The van der Waals surface area contributed by atoms with Crippen LogP contribution in [0.3, 0.4) is 0 Å². The molecule has 0 heterocycles. The van der Waals surface area contributed by atoms with Crippen molar-refractivity contribution in [2.24, 2.45) is 5.73 Å². The lowest BCUT2D eigenvalue weighted by molar-refractivity contribution is 0.453. The van der Waals surface area contributed by atoms with Crippen LogP contribution in [0.25, 0.3) is 0 Å². The van der Waals surface area contributed by atoms with E-state index in [4.69, 9.17) is 5.73 Å². The molecule has 3 nitrogen and oxygen atoms in total. The van der Waals surface area contributed by atoms with E-state index < -0.39 is 7.72 Å². The van der Waals surface area contributed by atoms with Gasteiger partial charge in [-0.3, -0.25) is 0 Å². The van der Waals surface area contributed by atoms with Gasteiger partial charge in [0.15, 0.2) is 0 Å². The molecule has 1 atom stereocenters. The van der Waals surface area contributed by atoms with E-state index in [0.29, 0.717) is 6.16 Å². The summed E-state index contributed by atoms with van der Waals surface area (Å²) in [6.07, 6.45) is 7.11. The lowest BCUT2D eigenvalue weighted by Gasteiger charge is -2.12. The molecule has 0 radical (unpaired) electrons. The molecular weight excluding hydrogens is 197 g/mol. The first-order chi connectivity index (χ1) is 6.56. The number of hydrogen-bond acceptors (Lipinski definition) is 3. The zero-order valence-electron chi connectivity index (χ0n) is 8.82. The lowest BCUT2D eigenvalue weighted by Crippen LogP contribution is -2.11. The molecule has 1 aliphatic carbocycles. The molecule has 14 heavy (non-hydrogen) atoms. The second-order valence-electron chi connectivity index (χ2n) is 4.02. The van der Waals surface area contributed by atoms with Crippen molar-refractivity contribution in [2.75, 3.05) is 6.16 Å². The minimum atomic E-state index is -2.78.